The van der Waals surface area contributed by atoms with Crippen molar-refractivity contribution in [3.05, 3.63) is 65.9 Å². The van der Waals surface area contributed by atoms with Crippen molar-refractivity contribution in [3.8, 4) is 12.1 Å². The number of carbonyl (C=O) groups is 1. The summed E-state index contributed by atoms with van der Waals surface area (Å²) in [6.45, 7) is 15.2. The molecule has 0 N–H and O–H groups in total. The summed E-state index contributed by atoms with van der Waals surface area (Å²) in [5.74, 6) is 0.750. The number of nitriles is 1. The molecule has 236 valence electrons. The first kappa shape index (κ1) is 30.8. The van der Waals surface area contributed by atoms with Gasteiger partial charge in [-0.05, 0) is 76.1 Å². The van der Waals surface area contributed by atoms with E-state index in [1.165, 1.54) is 34.5 Å². The molecular weight excluding hydrogens is 562 g/mol. The first-order chi connectivity index (χ1) is 21.9. The Bertz CT molecular complexity index is 1590. The second-order valence-electron chi connectivity index (χ2n) is 12.9. The van der Waals surface area contributed by atoms with Gasteiger partial charge in [0.2, 0.25) is 5.91 Å². The largest absolute Gasteiger partial charge is 0.462 e. The van der Waals surface area contributed by atoms with E-state index in [2.05, 4.69) is 84.5 Å². The molecule has 0 bridgehead atoms. The zero-order chi connectivity index (χ0) is 31.5. The zero-order valence-corrected chi connectivity index (χ0v) is 26.9. The number of amides is 1. The van der Waals surface area contributed by atoms with Gasteiger partial charge in [0.25, 0.3) is 0 Å². The van der Waals surface area contributed by atoms with Gasteiger partial charge in [-0.2, -0.15) is 15.2 Å². The van der Waals surface area contributed by atoms with Gasteiger partial charge < -0.3 is 19.4 Å². The van der Waals surface area contributed by atoms with Gasteiger partial charge >= 0.3 is 6.01 Å². The number of nitrogens with zero attached hydrogens (tertiary/aromatic N) is 7. The van der Waals surface area contributed by atoms with Crippen LogP contribution in [0.4, 0.5) is 11.5 Å². The normalized spacial score (nSPS) is 20.6. The third kappa shape index (κ3) is 6.34. The molecular formula is C36H45N7O2. The second kappa shape index (κ2) is 13.5. The molecule has 4 heterocycles. The summed E-state index contributed by atoms with van der Waals surface area (Å²) in [6, 6.07) is 16.3. The maximum absolute atomic E-state index is 12.6. The van der Waals surface area contributed by atoms with Gasteiger partial charge in [-0.1, -0.05) is 36.9 Å². The fourth-order valence-corrected chi connectivity index (χ4v) is 7.51. The molecule has 1 amide bonds. The van der Waals surface area contributed by atoms with Crippen LogP contribution in [0.3, 0.4) is 0 Å². The van der Waals surface area contributed by atoms with Crippen molar-refractivity contribution in [3.63, 3.8) is 0 Å². The number of aryl methyl sites for hydroxylation is 1. The number of piperazine rings is 1. The molecule has 9 nitrogen and oxygen atoms in total. The van der Waals surface area contributed by atoms with Crippen LogP contribution < -0.4 is 14.5 Å². The molecule has 1 aromatic heterocycles. The number of fused-ring (bicyclic) bond motifs is 2. The Morgan fingerprint density at radius 1 is 1.09 bits per heavy atom. The predicted octanol–water partition coefficient (Wildman–Crippen LogP) is 5.26. The van der Waals surface area contributed by atoms with Crippen LogP contribution in [0.5, 0.6) is 6.01 Å². The van der Waals surface area contributed by atoms with Crippen LogP contribution in [0.15, 0.2) is 49.1 Å². The summed E-state index contributed by atoms with van der Waals surface area (Å²) >= 11 is 0. The van der Waals surface area contributed by atoms with Crippen molar-refractivity contribution in [1.82, 2.24) is 19.8 Å². The van der Waals surface area contributed by atoms with Gasteiger partial charge in [0.15, 0.2) is 0 Å². The lowest BCUT2D eigenvalue weighted by molar-refractivity contribution is -0.128. The Morgan fingerprint density at radius 3 is 2.69 bits per heavy atom. The van der Waals surface area contributed by atoms with Crippen LogP contribution in [0.2, 0.25) is 0 Å². The molecule has 3 aromatic rings. The maximum Gasteiger partial charge on any atom is 0.318 e. The summed E-state index contributed by atoms with van der Waals surface area (Å²) in [6.07, 6.45) is 5.70. The van der Waals surface area contributed by atoms with E-state index in [0.29, 0.717) is 50.9 Å². The van der Waals surface area contributed by atoms with E-state index in [1.54, 1.807) is 4.90 Å². The van der Waals surface area contributed by atoms with Crippen molar-refractivity contribution < 1.29 is 9.53 Å². The number of ether oxygens (including phenoxy) is 1. The number of likely N-dealkylation sites (tertiary alicyclic amines) is 1. The summed E-state index contributed by atoms with van der Waals surface area (Å²) < 4.78 is 6.45. The topological polar surface area (TPSA) is 88.8 Å². The van der Waals surface area contributed by atoms with E-state index in [4.69, 9.17) is 14.7 Å². The van der Waals surface area contributed by atoms with Crippen LogP contribution in [-0.2, 0) is 17.8 Å². The van der Waals surface area contributed by atoms with Gasteiger partial charge in [-0.3, -0.25) is 9.69 Å². The molecule has 3 aliphatic rings. The SMILES string of the molecule is C=CC(=O)N1CCN(c2nc(OC[C@H]3CCCN3C(C)C)nc3c2CCCN(c2cccc4cccc(C)c24)C3)C[C@@H]1CC#N. The lowest BCUT2D eigenvalue weighted by Gasteiger charge is -2.41. The average molecular weight is 608 g/mol. The van der Waals surface area contributed by atoms with Crippen molar-refractivity contribution in [2.24, 2.45) is 0 Å². The van der Waals surface area contributed by atoms with E-state index in [0.717, 1.165) is 49.4 Å². The number of carbonyl (C=O) groups excluding carboxylic acids is 1. The van der Waals surface area contributed by atoms with Crippen molar-refractivity contribution >= 4 is 28.2 Å². The van der Waals surface area contributed by atoms with Crippen LogP contribution in [0, 0.1) is 18.3 Å². The minimum Gasteiger partial charge on any atom is -0.462 e. The number of anilines is 2. The van der Waals surface area contributed by atoms with Crippen LogP contribution >= 0.6 is 0 Å². The van der Waals surface area contributed by atoms with Crippen LogP contribution in [0.1, 0.15) is 56.4 Å². The van der Waals surface area contributed by atoms with E-state index < -0.39 is 0 Å². The van der Waals surface area contributed by atoms with Crippen molar-refractivity contribution in [2.75, 3.05) is 49.1 Å². The average Bonchev–Trinajstić information content (AvgIpc) is 3.42. The summed E-state index contributed by atoms with van der Waals surface area (Å²) in [5, 5.41) is 12.1. The fourth-order valence-electron chi connectivity index (χ4n) is 7.51. The molecule has 0 radical (unpaired) electrons. The highest BCUT2D eigenvalue weighted by Crippen LogP contribution is 2.35. The Balaban J connectivity index is 1.36. The van der Waals surface area contributed by atoms with Gasteiger partial charge in [0.05, 0.1) is 30.8 Å². The van der Waals surface area contributed by atoms with Crippen LogP contribution in [-0.4, -0.2) is 83.1 Å². The predicted molar refractivity (Wildman–Crippen MR) is 179 cm³/mol. The quantitative estimate of drug-likeness (QED) is 0.321. The van der Waals surface area contributed by atoms with E-state index in [1.807, 2.05) is 0 Å². The fraction of sp³-hybridized carbons (Fsp3) is 0.500. The standard InChI is InChI=1S/C36H45N7O2/c1-5-33(44)43-21-20-41(22-28(43)16-17-37)35-30-14-9-18-40(32-15-7-12-27-11-6-10-26(4)34(27)32)23-31(30)38-36(39-35)45-24-29-13-8-19-42(29)25(2)3/h5-7,10-12,15,25,28-29H,1,8-9,13-14,16,18-24H2,2-4H3/t28-,29+/m0/s1. The lowest BCUT2D eigenvalue weighted by atomic mass is 10.0. The molecule has 0 unspecified atom stereocenters. The minimum atomic E-state index is -0.233. The maximum atomic E-state index is 12.6. The van der Waals surface area contributed by atoms with Crippen LogP contribution in [0.25, 0.3) is 10.8 Å². The molecule has 9 heteroatoms. The van der Waals surface area contributed by atoms with Gasteiger partial charge in [0, 0.05) is 54.9 Å². The number of hydrogen-bond acceptors (Lipinski definition) is 8. The van der Waals surface area contributed by atoms with E-state index >= 15 is 0 Å². The highest BCUT2D eigenvalue weighted by Gasteiger charge is 2.33. The monoisotopic (exact) mass is 607 g/mol. The van der Waals surface area contributed by atoms with Crippen molar-refractivity contribution in [2.45, 2.75) is 77.5 Å². The highest BCUT2D eigenvalue weighted by molar-refractivity contribution is 5.97. The first-order valence-electron chi connectivity index (χ1n) is 16.4. The molecule has 0 spiro atoms. The Labute approximate surface area is 267 Å². The van der Waals surface area contributed by atoms with Gasteiger partial charge in [-0.25, -0.2) is 0 Å². The number of benzene rings is 2. The van der Waals surface area contributed by atoms with E-state index in [-0.39, 0.29) is 18.4 Å². The second-order valence-corrected chi connectivity index (χ2v) is 12.9. The molecule has 6 rings (SSSR count). The van der Waals surface area contributed by atoms with Gasteiger partial charge in [-0.15, -0.1) is 0 Å². The van der Waals surface area contributed by atoms with E-state index in [9.17, 15) is 10.1 Å². The minimum absolute atomic E-state index is 0.132. The third-order valence-electron chi connectivity index (χ3n) is 9.74. The molecule has 3 aliphatic heterocycles. The molecule has 2 aromatic carbocycles. The number of aromatic nitrogens is 2. The third-order valence-corrected chi connectivity index (χ3v) is 9.74. The molecule has 45 heavy (non-hydrogen) atoms. The Morgan fingerprint density at radius 2 is 1.91 bits per heavy atom. The lowest BCUT2D eigenvalue weighted by Crippen LogP contribution is -2.55. The molecule has 2 saturated heterocycles. The molecule has 0 aliphatic carbocycles. The highest BCUT2D eigenvalue weighted by atomic mass is 16.5. The molecule has 2 atom stereocenters. The van der Waals surface area contributed by atoms with Gasteiger partial charge in [0.1, 0.15) is 12.4 Å². The number of hydrogen-bond donors (Lipinski definition) is 0. The zero-order valence-electron chi connectivity index (χ0n) is 26.9. The summed E-state index contributed by atoms with van der Waals surface area (Å²) in [5.41, 5.74) is 4.63. The molecule has 0 saturated carbocycles. The number of rotatable bonds is 8. The Kier molecular flexibility index (Phi) is 9.22. The summed E-state index contributed by atoms with van der Waals surface area (Å²) in [4.78, 5) is 31.8. The molecule has 2 fully saturated rings. The van der Waals surface area contributed by atoms with Crippen molar-refractivity contribution in [1.29, 1.82) is 5.26 Å². The Hall–Kier alpha value is -4.16. The smallest absolute Gasteiger partial charge is 0.318 e. The summed E-state index contributed by atoms with van der Waals surface area (Å²) in [7, 11) is 0. The first-order valence-corrected chi connectivity index (χ1v) is 16.4.